The highest BCUT2D eigenvalue weighted by Gasteiger charge is 2.10. The molecule has 0 unspecified atom stereocenters. The number of para-hydroxylation sites is 1. The highest BCUT2D eigenvalue weighted by atomic mass is 19.1. The first-order valence-corrected chi connectivity index (χ1v) is 5.99. The molecule has 0 saturated carbocycles. The number of nitrogens with one attached hydrogen (secondary N) is 1. The summed E-state index contributed by atoms with van der Waals surface area (Å²) >= 11 is 0. The van der Waals surface area contributed by atoms with Gasteiger partial charge in [-0.2, -0.15) is 0 Å². The number of benzene rings is 2. The first-order chi connectivity index (χ1) is 9.49. The SMILES string of the molecule is Cc1cccc(F)c1NCc1cc(C(=O)O)ccc1F. The number of carboxylic acids is 1. The maximum atomic E-state index is 13.6. The smallest absolute Gasteiger partial charge is 0.335 e. The third-order valence-electron chi connectivity index (χ3n) is 2.97. The number of rotatable bonds is 4. The normalized spacial score (nSPS) is 10.3. The summed E-state index contributed by atoms with van der Waals surface area (Å²) in [5.74, 6) is -2.09. The number of carbonyl (C=O) groups is 1. The van der Waals surface area contributed by atoms with Crippen LogP contribution in [-0.4, -0.2) is 11.1 Å². The van der Waals surface area contributed by atoms with Gasteiger partial charge in [-0.05, 0) is 36.8 Å². The van der Waals surface area contributed by atoms with Gasteiger partial charge in [0.15, 0.2) is 0 Å². The van der Waals surface area contributed by atoms with Crippen LogP contribution < -0.4 is 5.32 Å². The molecule has 0 aliphatic rings. The summed E-state index contributed by atoms with van der Waals surface area (Å²) in [7, 11) is 0. The Morgan fingerprint density at radius 2 is 1.95 bits per heavy atom. The highest BCUT2D eigenvalue weighted by molar-refractivity contribution is 5.87. The maximum absolute atomic E-state index is 13.6. The first kappa shape index (κ1) is 14.0. The van der Waals surface area contributed by atoms with Crippen molar-refractivity contribution in [2.75, 3.05) is 5.32 Å². The maximum Gasteiger partial charge on any atom is 0.335 e. The van der Waals surface area contributed by atoms with Crippen molar-refractivity contribution in [3.63, 3.8) is 0 Å². The molecule has 5 heteroatoms. The van der Waals surface area contributed by atoms with Crippen molar-refractivity contribution in [2.24, 2.45) is 0 Å². The molecule has 20 heavy (non-hydrogen) atoms. The predicted octanol–water partition coefficient (Wildman–Crippen LogP) is 3.58. The lowest BCUT2D eigenvalue weighted by Gasteiger charge is -2.11. The van der Waals surface area contributed by atoms with E-state index in [2.05, 4.69) is 5.32 Å². The fraction of sp³-hybridized carbons (Fsp3) is 0.133. The zero-order chi connectivity index (χ0) is 14.7. The molecule has 0 fully saturated rings. The van der Waals surface area contributed by atoms with Gasteiger partial charge in [0.05, 0.1) is 11.3 Å². The standard InChI is InChI=1S/C15H13F2NO2/c1-9-3-2-4-13(17)14(9)18-8-11-7-10(15(19)20)5-6-12(11)16/h2-7,18H,8H2,1H3,(H,19,20). The molecule has 0 saturated heterocycles. The monoisotopic (exact) mass is 277 g/mol. The van der Waals surface area contributed by atoms with E-state index in [0.717, 1.165) is 6.07 Å². The molecule has 0 aliphatic carbocycles. The van der Waals surface area contributed by atoms with Gasteiger partial charge in [0.25, 0.3) is 0 Å². The molecule has 0 spiro atoms. The van der Waals surface area contributed by atoms with E-state index >= 15 is 0 Å². The first-order valence-electron chi connectivity index (χ1n) is 5.99. The fourth-order valence-electron chi connectivity index (χ4n) is 1.88. The third-order valence-corrected chi connectivity index (χ3v) is 2.97. The van der Waals surface area contributed by atoms with Gasteiger partial charge in [-0.15, -0.1) is 0 Å². The molecule has 2 aromatic carbocycles. The second kappa shape index (κ2) is 5.69. The van der Waals surface area contributed by atoms with Crippen molar-refractivity contribution >= 4 is 11.7 Å². The van der Waals surface area contributed by atoms with E-state index in [1.165, 1.54) is 18.2 Å². The van der Waals surface area contributed by atoms with E-state index < -0.39 is 17.6 Å². The van der Waals surface area contributed by atoms with Crippen molar-refractivity contribution < 1.29 is 18.7 Å². The lowest BCUT2D eigenvalue weighted by molar-refractivity contribution is 0.0696. The highest BCUT2D eigenvalue weighted by Crippen LogP contribution is 2.20. The molecule has 2 N–H and O–H groups in total. The summed E-state index contributed by atoms with van der Waals surface area (Å²) in [5, 5.41) is 11.7. The van der Waals surface area contributed by atoms with Crippen LogP contribution in [0.1, 0.15) is 21.5 Å². The van der Waals surface area contributed by atoms with Crippen LogP contribution in [0.3, 0.4) is 0 Å². The average Bonchev–Trinajstić information content (AvgIpc) is 2.39. The Morgan fingerprint density at radius 3 is 2.60 bits per heavy atom. The largest absolute Gasteiger partial charge is 0.478 e. The van der Waals surface area contributed by atoms with Crippen LogP contribution in [-0.2, 0) is 6.54 Å². The number of aryl methyl sites for hydroxylation is 1. The minimum Gasteiger partial charge on any atom is -0.478 e. The van der Waals surface area contributed by atoms with Crippen molar-refractivity contribution in [2.45, 2.75) is 13.5 Å². The van der Waals surface area contributed by atoms with Crippen molar-refractivity contribution in [3.05, 3.63) is 64.7 Å². The summed E-state index contributed by atoms with van der Waals surface area (Å²) in [6, 6.07) is 8.14. The molecule has 0 aromatic heterocycles. The van der Waals surface area contributed by atoms with Crippen molar-refractivity contribution in [1.29, 1.82) is 0 Å². The van der Waals surface area contributed by atoms with Gasteiger partial charge in [0, 0.05) is 12.1 Å². The van der Waals surface area contributed by atoms with E-state index in [0.29, 0.717) is 5.56 Å². The van der Waals surface area contributed by atoms with Gasteiger partial charge >= 0.3 is 5.97 Å². The topological polar surface area (TPSA) is 49.3 Å². The van der Waals surface area contributed by atoms with Crippen LogP contribution in [0.4, 0.5) is 14.5 Å². The van der Waals surface area contributed by atoms with Crippen LogP contribution in [0, 0.1) is 18.6 Å². The molecule has 3 nitrogen and oxygen atoms in total. The Labute approximate surface area is 114 Å². The second-order valence-electron chi connectivity index (χ2n) is 4.40. The van der Waals surface area contributed by atoms with Crippen LogP contribution in [0.2, 0.25) is 0 Å². The quantitative estimate of drug-likeness (QED) is 0.898. The van der Waals surface area contributed by atoms with E-state index in [1.54, 1.807) is 19.1 Å². The lowest BCUT2D eigenvalue weighted by Crippen LogP contribution is -2.07. The van der Waals surface area contributed by atoms with E-state index in [4.69, 9.17) is 5.11 Å². The molecular formula is C15H13F2NO2. The fourth-order valence-corrected chi connectivity index (χ4v) is 1.88. The zero-order valence-corrected chi connectivity index (χ0v) is 10.8. The lowest BCUT2D eigenvalue weighted by atomic mass is 10.1. The van der Waals surface area contributed by atoms with E-state index in [9.17, 15) is 13.6 Å². The number of carboxylic acid groups (broad SMARTS) is 1. The van der Waals surface area contributed by atoms with E-state index in [1.807, 2.05) is 0 Å². The molecular weight excluding hydrogens is 264 g/mol. The summed E-state index contributed by atoms with van der Waals surface area (Å²) in [6.45, 7) is 1.74. The van der Waals surface area contributed by atoms with Gasteiger partial charge in [-0.1, -0.05) is 12.1 Å². The Morgan fingerprint density at radius 1 is 1.20 bits per heavy atom. The van der Waals surface area contributed by atoms with Gasteiger partial charge in [-0.3, -0.25) is 0 Å². The Kier molecular flexibility index (Phi) is 3.98. The number of hydrogen-bond acceptors (Lipinski definition) is 2. The number of aromatic carboxylic acids is 1. The molecule has 0 bridgehead atoms. The minimum absolute atomic E-state index is 0.00606. The van der Waals surface area contributed by atoms with Gasteiger partial charge in [0.2, 0.25) is 0 Å². The minimum atomic E-state index is -1.13. The molecule has 0 atom stereocenters. The predicted molar refractivity (Wildman–Crippen MR) is 71.8 cm³/mol. The molecule has 104 valence electrons. The van der Waals surface area contributed by atoms with Crippen LogP contribution in [0.5, 0.6) is 0 Å². The van der Waals surface area contributed by atoms with Crippen LogP contribution >= 0.6 is 0 Å². The molecule has 0 heterocycles. The van der Waals surface area contributed by atoms with E-state index in [-0.39, 0.29) is 23.4 Å². The summed E-state index contributed by atoms with van der Waals surface area (Å²) < 4.78 is 27.2. The second-order valence-corrected chi connectivity index (χ2v) is 4.40. The number of anilines is 1. The third kappa shape index (κ3) is 2.93. The Bertz CT molecular complexity index is 636. The summed E-state index contributed by atoms with van der Waals surface area (Å²) in [4.78, 5) is 10.8. The molecule has 0 amide bonds. The summed E-state index contributed by atoms with van der Waals surface area (Å²) in [6.07, 6.45) is 0. The molecule has 2 aromatic rings. The van der Waals surface area contributed by atoms with Crippen LogP contribution in [0.15, 0.2) is 36.4 Å². The average molecular weight is 277 g/mol. The van der Waals surface area contributed by atoms with Gasteiger partial charge in [-0.25, -0.2) is 13.6 Å². The summed E-state index contributed by atoms with van der Waals surface area (Å²) in [5.41, 5.74) is 1.15. The van der Waals surface area contributed by atoms with Gasteiger partial charge in [0.1, 0.15) is 11.6 Å². The molecule has 0 aliphatic heterocycles. The molecule has 0 radical (unpaired) electrons. The van der Waals surface area contributed by atoms with Crippen molar-refractivity contribution in [3.8, 4) is 0 Å². The van der Waals surface area contributed by atoms with Gasteiger partial charge < -0.3 is 10.4 Å². The Balaban J connectivity index is 2.23. The van der Waals surface area contributed by atoms with Crippen LogP contribution in [0.25, 0.3) is 0 Å². The Hall–Kier alpha value is -2.43. The molecule has 2 rings (SSSR count). The number of halogens is 2. The number of hydrogen-bond donors (Lipinski definition) is 2. The van der Waals surface area contributed by atoms with Crippen molar-refractivity contribution in [1.82, 2.24) is 0 Å². The zero-order valence-electron chi connectivity index (χ0n) is 10.8.